The number of unbranched alkanes of at least 4 members (excludes halogenated alkanes) is 1. The van der Waals surface area contributed by atoms with E-state index in [2.05, 4.69) is 17.2 Å². The summed E-state index contributed by atoms with van der Waals surface area (Å²) in [4.78, 5) is 16.2. The normalized spacial score (nSPS) is 10.6. The van der Waals surface area contributed by atoms with E-state index in [-0.39, 0.29) is 5.91 Å². The number of nitrogens with zero attached hydrogens (tertiary/aromatic N) is 1. The second-order valence-corrected chi connectivity index (χ2v) is 4.58. The quantitative estimate of drug-likeness (QED) is 0.858. The summed E-state index contributed by atoms with van der Waals surface area (Å²) in [6.45, 7) is 2.77. The molecule has 18 heavy (non-hydrogen) atoms. The number of rotatable bonds is 4. The second-order valence-electron chi connectivity index (χ2n) is 4.14. The first-order valence-electron chi connectivity index (χ1n) is 6.05. The van der Waals surface area contributed by atoms with Crippen LogP contribution >= 0.6 is 11.6 Å². The number of aromatic nitrogens is 1. The molecule has 0 saturated heterocycles. The summed E-state index contributed by atoms with van der Waals surface area (Å²) < 4.78 is 0. The molecule has 1 N–H and O–H groups in total. The third-order valence-electron chi connectivity index (χ3n) is 2.70. The van der Waals surface area contributed by atoms with Gasteiger partial charge in [-0.25, -0.2) is 4.98 Å². The van der Waals surface area contributed by atoms with Crippen molar-refractivity contribution in [2.45, 2.75) is 19.8 Å². The number of carbonyl (C=O) groups is 1. The van der Waals surface area contributed by atoms with Crippen molar-refractivity contribution in [1.29, 1.82) is 0 Å². The summed E-state index contributed by atoms with van der Waals surface area (Å²) in [6.07, 6.45) is 2.03. The van der Waals surface area contributed by atoms with E-state index in [0.29, 0.717) is 17.3 Å². The number of nitrogens with one attached hydrogen (secondary N) is 1. The van der Waals surface area contributed by atoms with Crippen LogP contribution < -0.4 is 5.32 Å². The van der Waals surface area contributed by atoms with Gasteiger partial charge < -0.3 is 5.32 Å². The van der Waals surface area contributed by atoms with Gasteiger partial charge in [-0.3, -0.25) is 4.79 Å². The zero-order chi connectivity index (χ0) is 13.0. The Balaban J connectivity index is 2.21. The number of benzene rings is 1. The molecule has 0 aliphatic carbocycles. The standard InChI is InChI=1S/C14H15ClN2O/c1-2-3-8-16-14(18)12-7-5-10-4-6-11(15)9-13(10)17-12/h4-7,9H,2-3,8H2,1H3,(H,16,18). The topological polar surface area (TPSA) is 42.0 Å². The predicted octanol–water partition coefficient (Wildman–Crippen LogP) is 3.42. The van der Waals surface area contributed by atoms with Crippen molar-refractivity contribution in [2.75, 3.05) is 6.54 Å². The number of amides is 1. The fraction of sp³-hybridized carbons (Fsp3) is 0.286. The van der Waals surface area contributed by atoms with Crippen LogP contribution in [-0.2, 0) is 0 Å². The van der Waals surface area contributed by atoms with Gasteiger partial charge in [-0.2, -0.15) is 0 Å². The Morgan fingerprint density at radius 3 is 2.89 bits per heavy atom. The molecule has 0 radical (unpaired) electrons. The first-order valence-corrected chi connectivity index (χ1v) is 6.43. The summed E-state index contributed by atoms with van der Waals surface area (Å²) in [7, 11) is 0. The van der Waals surface area contributed by atoms with Gasteiger partial charge in [0, 0.05) is 17.0 Å². The highest BCUT2D eigenvalue weighted by molar-refractivity contribution is 6.31. The highest BCUT2D eigenvalue weighted by Gasteiger charge is 2.07. The Morgan fingerprint density at radius 1 is 1.33 bits per heavy atom. The zero-order valence-electron chi connectivity index (χ0n) is 10.2. The largest absolute Gasteiger partial charge is 0.351 e. The van der Waals surface area contributed by atoms with Crippen molar-refractivity contribution < 1.29 is 4.79 Å². The summed E-state index contributed by atoms with van der Waals surface area (Å²) in [5.74, 6) is -0.134. The Morgan fingerprint density at radius 2 is 2.11 bits per heavy atom. The van der Waals surface area contributed by atoms with Crippen LogP contribution in [0.1, 0.15) is 30.3 Å². The molecule has 0 aliphatic rings. The molecule has 0 spiro atoms. The molecule has 0 saturated carbocycles. The first-order chi connectivity index (χ1) is 8.70. The number of halogens is 1. The lowest BCUT2D eigenvalue weighted by molar-refractivity contribution is 0.0948. The number of pyridine rings is 1. The minimum absolute atomic E-state index is 0.134. The van der Waals surface area contributed by atoms with E-state index < -0.39 is 0 Å². The van der Waals surface area contributed by atoms with E-state index >= 15 is 0 Å². The van der Waals surface area contributed by atoms with E-state index in [0.717, 1.165) is 23.7 Å². The van der Waals surface area contributed by atoms with Crippen LogP contribution in [0.3, 0.4) is 0 Å². The molecule has 2 aromatic rings. The highest BCUT2D eigenvalue weighted by Crippen LogP contribution is 2.17. The van der Waals surface area contributed by atoms with Crippen LogP contribution in [0.25, 0.3) is 10.9 Å². The lowest BCUT2D eigenvalue weighted by Gasteiger charge is -2.05. The average Bonchev–Trinajstić information content (AvgIpc) is 2.38. The van der Waals surface area contributed by atoms with E-state index in [1.165, 1.54) is 0 Å². The number of hydrogen-bond acceptors (Lipinski definition) is 2. The minimum atomic E-state index is -0.134. The molecule has 1 aromatic heterocycles. The number of carbonyl (C=O) groups excluding carboxylic acids is 1. The van der Waals surface area contributed by atoms with Gasteiger partial charge in [0.15, 0.2) is 0 Å². The van der Waals surface area contributed by atoms with E-state index in [9.17, 15) is 4.79 Å². The molecule has 0 unspecified atom stereocenters. The SMILES string of the molecule is CCCCNC(=O)c1ccc2ccc(Cl)cc2n1. The van der Waals surface area contributed by atoms with Crippen LogP contribution in [-0.4, -0.2) is 17.4 Å². The smallest absolute Gasteiger partial charge is 0.269 e. The Hall–Kier alpha value is -1.61. The molecular weight excluding hydrogens is 248 g/mol. The van der Waals surface area contributed by atoms with Crippen molar-refractivity contribution in [2.24, 2.45) is 0 Å². The summed E-state index contributed by atoms with van der Waals surface area (Å²) in [5.41, 5.74) is 1.17. The zero-order valence-corrected chi connectivity index (χ0v) is 11.0. The molecule has 2 rings (SSSR count). The molecule has 94 valence electrons. The lowest BCUT2D eigenvalue weighted by atomic mass is 10.2. The van der Waals surface area contributed by atoms with Crippen molar-refractivity contribution in [3.05, 3.63) is 41.0 Å². The fourth-order valence-corrected chi connectivity index (χ4v) is 1.85. The molecule has 0 atom stereocenters. The molecule has 3 nitrogen and oxygen atoms in total. The number of hydrogen-bond donors (Lipinski definition) is 1. The van der Waals surface area contributed by atoms with Crippen LogP contribution in [0.5, 0.6) is 0 Å². The van der Waals surface area contributed by atoms with E-state index in [4.69, 9.17) is 11.6 Å². The van der Waals surface area contributed by atoms with Crippen molar-refractivity contribution in [1.82, 2.24) is 10.3 Å². The predicted molar refractivity (Wildman–Crippen MR) is 74.0 cm³/mol. The fourth-order valence-electron chi connectivity index (χ4n) is 1.69. The maximum Gasteiger partial charge on any atom is 0.269 e. The van der Waals surface area contributed by atoms with Crippen molar-refractivity contribution >= 4 is 28.4 Å². The van der Waals surface area contributed by atoms with Crippen LogP contribution in [0.15, 0.2) is 30.3 Å². The lowest BCUT2D eigenvalue weighted by Crippen LogP contribution is -2.25. The van der Waals surface area contributed by atoms with Gasteiger partial charge >= 0.3 is 0 Å². The molecule has 1 heterocycles. The van der Waals surface area contributed by atoms with Crippen molar-refractivity contribution in [3.63, 3.8) is 0 Å². The maximum atomic E-state index is 11.8. The maximum absolute atomic E-state index is 11.8. The monoisotopic (exact) mass is 262 g/mol. The first kappa shape index (κ1) is 12.8. The minimum Gasteiger partial charge on any atom is -0.351 e. The molecule has 4 heteroatoms. The molecule has 1 amide bonds. The van der Waals surface area contributed by atoms with Crippen molar-refractivity contribution in [3.8, 4) is 0 Å². The number of fused-ring (bicyclic) bond motifs is 1. The van der Waals surface area contributed by atoms with Gasteiger partial charge in [-0.15, -0.1) is 0 Å². The Bertz CT molecular complexity index is 569. The average molecular weight is 263 g/mol. The van der Waals surface area contributed by atoms with E-state index in [1.807, 2.05) is 18.2 Å². The second kappa shape index (κ2) is 5.83. The molecule has 0 aliphatic heterocycles. The van der Waals surface area contributed by atoms with Gasteiger partial charge in [0.2, 0.25) is 0 Å². The van der Waals surface area contributed by atoms with Gasteiger partial charge in [0.25, 0.3) is 5.91 Å². The van der Waals surface area contributed by atoms with Gasteiger partial charge in [0.1, 0.15) is 5.69 Å². The Kier molecular flexibility index (Phi) is 4.15. The van der Waals surface area contributed by atoms with Crippen LogP contribution in [0, 0.1) is 0 Å². The molecule has 0 fully saturated rings. The van der Waals surface area contributed by atoms with Gasteiger partial charge in [0.05, 0.1) is 5.52 Å². The van der Waals surface area contributed by atoms with Gasteiger partial charge in [-0.1, -0.05) is 37.1 Å². The third kappa shape index (κ3) is 2.99. The molecule has 1 aromatic carbocycles. The summed E-state index contributed by atoms with van der Waals surface area (Å²) >= 11 is 5.91. The third-order valence-corrected chi connectivity index (χ3v) is 2.94. The highest BCUT2D eigenvalue weighted by atomic mass is 35.5. The molecule has 0 bridgehead atoms. The Labute approximate surface area is 111 Å². The molecular formula is C14H15ClN2O. The van der Waals surface area contributed by atoms with Crippen LogP contribution in [0.4, 0.5) is 0 Å². The van der Waals surface area contributed by atoms with Crippen LogP contribution in [0.2, 0.25) is 5.02 Å². The van der Waals surface area contributed by atoms with E-state index in [1.54, 1.807) is 12.1 Å². The summed E-state index contributed by atoms with van der Waals surface area (Å²) in [5, 5.41) is 4.44. The summed E-state index contributed by atoms with van der Waals surface area (Å²) in [6, 6.07) is 9.08. The van der Waals surface area contributed by atoms with Gasteiger partial charge in [-0.05, 0) is 24.6 Å².